The number of Topliss-reactive ketones (excluding diaryl/α,β-unsaturated/α-hetero) is 1. The van der Waals surface area contributed by atoms with Crippen LogP contribution >= 0.6 is 23.1 Å². The number of ketones is 1. The average Bonchev–Trinajstić information content (AvgIpc) is 3.31. The molecule has 6 nitrogen and oxygen atoms in total. The second-order valence-electron chi connectivity index (χ2n) is 6.11. The molecule has 0 unspecified atom stereocenters. The first-order valence-electron chi connectivity index (χ1n) is 8.51. The third-order valence-corrected chi connectivity index (χ3v) is 6.37. The third-order valence-electron chi connectivity index (χ3n) is 4.47. The van der Waals surface area contributed by atoms with E-state index in [1.807, 2.05) is 6.26 Å². The first-order chi connectivity index (χ1) is 14.0. The van der Waals surface area contributed by atoms with Gasteiger partial charge in [0.1, 0.15) is 17.6 Å². The highest BCUT2D eigenvalue weighted by Gasteiger charge is 2.49. The lowest BCUT2D eigenvalue weighted by molar-refractivity contribution is -0.132. The normalized spacial score (nSPS) is 18.4. The minimum absolute atomic E-state index is 0.0880. The number of rotatable bonds is 4. The van der Waals surface area contributed by atoms with Gasteiger partial charge in [0.15, 0.2) is 4.34 Å². The van der Waals surface area contributed by atoms with Crippen molar-refractivity contribution in [3.63, 3.8) is 0 Å². The molecule has 1 atom stereocenters. The van der Waals surface area contributed by atoms with Crippen LogP contribution in [0.2, 0.25) is 0 Å². The molecule has 1 N–H and O–H groups in total. The van der Waals surface area contributed by atoms with Gasteiger partial charge in [-0.3, -0.25) is 14.5 Å². The summed E-state index contributed by atoms with van der Waals surface area (Å²) in [5, 5.41) is 19.0. The first kappa shape index (κ1) is 19.3. The van der Waals surface area contributed by atoms with Gasteiger partial charge in [-0.1, -0.05) is 71.6 Å². The van der Waals surface area contributed by atoms with E-state index in [2.05, 4.69) is 10.2 Å². The molecule has 29 heavy (non-hydrogen) atoms. The SMILES string of the molecule is CSc1nnc(N2C(=O)C(=O)/C(=C(/O)c3ccccc3)[C@@H]2c2ccccc2F)s1. The Labute approximate surface area is 173 Å². The maximum Gasteiger partial charge on any atom is 0.301 e. The smallest absolute Gasteiger partial charge is 0.301 e. The molecule has 2 heterocycles. The van der Waals surface area contributed by atoms with Crippen molar-refractivity contribution >= 4 is 45.7 Å². The van der Waals surface area contributed by atoms with Gasteiger partial charge < -0.3 is 5.11 Å². The van der Waals surface area contributed by atoms with Crippen LogP contribution < -0.4 is 4.90 Å². The maximum atomic E-state index is 14.7. The number of aliphatic hydroxyl groups is 1. The minimum Gasteiger partial charge on any atom is -0.507 e. The molecule has 3 aromatic rings. The van der Waals surface area contributed by atoms with E-state index in [-0.39, 0.29) is 22.0 Å². The molecule has 1 saturated heterocycles. The Hall–Kier alpha value is -3.04. The fraction of sp³-hybridized carbons (Fsp3) is 0.100. The number of aromatic nitrogens is 2. The number of hydrogen-bond donors (Lipinski definition) is 1. The summed E-state index contributed by atoms with van der Waals surface area (Å²) in [7, 11) is 0. The molecule has 1 aliphatic heterocycles. The lowest BCUT2D eigenvalue weighted by Gasteiger charge is -2.22. The van der Waals surface area contributed by atoms with E-state index in [1.54, 1.807) is 36.4 Å². The van der Waals surface area contributed by atoms with Crippen LogP contribution in [0.3, 0.4) is 0 Å². The molecule has 2 aromatic carbocycles. The zero-order valence-electron chi connectivity index (χ0n) is 15.1. The molecule has 9 heteroatoms. The Bertz CT molecular complexity index is 1130. The van der Waals surface area contributed by atoms with E-state index >= 15 is 0 Å². The molecule has 0 radical (unpaired) electrons. The summed E-state index contributed by atoms with van der Waals surface area (Å²) in [5.41, 5.74) is 0.256. The van der Waals surface area contributed by atoms with Gasteiger partial charge in [0.2, 0.25) is 5.13 Å². The fourth-order valence-corrected chi connectivity index (χ4v) is 4.44. The van der Waals surface area contributed by atoms with Crippen LogP contribution in [0.5, 0.6) is 0 Å². The first-order valence-corrected chi connectivity index (χ1v) is 10.6. The highest BCUT2D eigenvalue weighted by molar-refractivity contribution is 8.00. The fourth-order valence-electron chi connectivity index (χ4n) is 3.15. The van der Waals surface area contributed by atoms with Crippen LogP contribution in [-0.2, 0) is 9.59 Å². The van der Waals surface area contributed by atoms with Gasteiger partial charge in [-0.2, -0.15) is 0 Å². The molecule has 0 aliphatic carbocycles. The number of anilines is 1. The average molecular weight is 427 g/mol. The van der Waals surface area contributed by atoms with Crippen molar-refractivity contribution in [1.29, 1.82) is 0 Å². The second-order valence-corrected chi connectivity index (χ2v) is 8.12. The summed E-state index contributed by atoms with van der Waals surface area (Å²) in [6, 6.07) is 13.0. The van der Waals surface area contributed by atoms with Crippen molar-refractivity contribution in [2.45, 2.75) is 10.4 Å². The zero-order valence-corrected chi connectivity index (χ0v) is 16.7. The molecule has 1 amide bonds. The van der Waals surface area contributed by atoms with Gasteiger partial charge in [0, 0.05) is 11.1 Å². The Kier molecular flexibility index (Phi) is 5.16. The lowest BCUT2D eigenvalue weighted by atomic mass is 9.95. The molecule has 0 bridgehead atoms. The predicted molar refractivity (Wildman–Crippen MR) is 109 cm³/mol. The standard InChI is InChI=1S/C20H14FN3O3S2/c1-28-20-23-22-19(29-20)24-15(12-9-5-6-10-13(12)21)14(17(26)18(24)27)16(25)11-7-3-2-4-8-11/h2-10,15,25H,1H3/b16-14+/t15-/m0/s1. The van der Waals surface area contributed by atoms with Gasteiger partial charge in [0.05, 0.1) is 5.57 Å². The largest absolute Gasteiger partial charge is 0.507 e. The Morgan fingerprint density at radius 1 is 1.10 bits per heavy atom. The summed E-state index contributed by atoms with van der Waals surface area (Å²) in [4.78, 5) is 26.9. The number of amides is 1. The van der Waals surface area contributed by atoms with Crippen LogP contribution in [0.25, 0.3) is 5.76 Å². The topological polar surface area (TPSA) is 83.4 Å². The summed E-state index contributed by atoms with van der Waals surface area (Å²) in [6.45, 7) is 0. The van der Waals surface area contributed by atoms with Crippen LogP contribution in [0.4, 0.5) is 9.52 Å². The Balaban J connectivity index is 1.96. The molecule has 1 fully saturated rings. The van der Waals surface area contributed by atoms with Crippen molar-refractivity contribution < 1.29 is 19.1 Å². The van der Waals surface area contributed by atoms with Gasteiger partial charge in [0.25, 0.3) is 5.78 Å². The number of benzene rings is 2. The molecule has 4 rings (SSSR count). The maximum absolute atomic E-state index is 14.7. The van der Waals surface area contributed by atoms with Crippen LogP contribution in [-0.4, -0.2) is 33.3 Å². The highest BCUT2D eigenvalue weighted by Crippen LogP contribution is 2.44. The summed E-state index contributed by atoms with van der Waals surface area (Å²) in [6.07, 6.45) is 1.81. The molecule has 1 aliphatic rings. The summed E-state index contributed by atoms with van der Waals surface area (Å²) in [5.74, 6) is -2.76. The Morgan fingerprint density at radius 3 is 2.45 bits per heavy atom. The molecular formula is C20H14FN3O3S2. The van der Waals surface area contributed by atoms with E-state index in [1.165, 1.54) is 30.0 Å². The number of halogens is 1. The third kappa shape index (κ3) is 3.32. The lowest BCUT2D eigenvalue weighted by Crippen LogP contribution is -2.29. The van der Waals surface area contributed by atoms with Gasteiger partial charge in [-0.15, -0.1) is 10.2 Å². The number of carbonyl (C=O) groups excluding carboxylic acids is 2. The zero-order chi connectivity index (χ0) is 20.5. The van der Waals surface area contributed by atoms with E-state index in [4.69, 9.17) is 0 Å². The highest BCUT2D eigenvalue weighted by atomic mass is 32.2. The monoisotopic (exact) mass is 427 g/mol. The van der Waals surface area contributed by atoms with Crippen molar-refractivity contribution in [3.8, 4) is 0 Å². The molecule has 1 aromatic heterocycles. The van der Waals surface area contributed by atoms with Gasteiger partial charge >= 0.3 is 5.91 Å². The van der Waals surface area contributed by atoms with Crippen molar-refractivity contribution in [1.82, 2.24) is 10.2 Å². The quantitative estimate of drug-likeness (QED) is 0.223. The molecular weight excluding hydrogens is 413 g/mol. The number of aliphatic hydroxyl groups excluding tert-OH is 1. The van der Waals surface area contributed by atoms with Gasteiger partial charge in [-0.25, -0.2) is 4.39 Å². The van der Waals surface area contributed by atoms with Crippen molar-refractivity contribution in [2.75, 3.05) is 11.2 Å². The van der Waals surface area contributed by atoms with E-state index < -0.39 is 23.5 Å². The number of thioether (sulfide) groups is 1. The molecule has 0 spiro atoms. The predicted octanol–water partition coefficient (Wildman–Crippen LogP) is 4.03. The van der Waals surface area contributed by atoms with Crippen LogP contribution in [0.1, 0.15) is 17.2 Å². The van der Waals surface area contributed by atoms with Crippen molar-refractivity contribution in [2.24, 2.45) is 0 Å². The van der Waals surface area contributed by atoms with Crippen molar-refractivity contribution in [3.05, 3.63) is 77.1 Å². The second kappa shape index (κ2) is 7.76. The van der Waals surface area contributed by atoms with Crippen LogP contribution in [0.15, 0.2) is 64.5 Å². The molecule has 0 saturated carbocycles. The molecule has 146 valence electrons. The number of nitrogens with zero attached hydrogens (tertiary/aromatic N) is 3. The summed E-state index contributed by atoms with van der Waals surface area (Å²) >= 11 is 2.46. The van der Waals surface area contributed by atoms with E-state index in [0.717, 1.165) is 16.2 Å². The Morgan fingerprint density at radius 2 is 1.79 bits per heavy atom. The number of carbonyl (C=O) groups is 2. The van der Waals surface area contributed by atoms with E-state index in [9.17, 15) is 19.1 Å². The summed E-state index contributed by atoms with van der Waals surface area (Å²) < 4.78 is 15.3. The van der Waals surface area contributed by atoms with Gasteiger partial charge in [-0.05, 0) is 12.3 Å². The van der Waals surface area contributed by atoms with E-state index in [0.29, 0.717) is 9.90 Å². The minimum atomic E-state index is -1.15. The number of hydrogen-bond acceptors (Lipinski definition) is 7. The van der Waals surface area contributed by atoms with Crippen LogP contribution in [0, 0.1) is 5.82 Å².